The van der Waals surface area contributed by atoms with Crippen molar-refractivity contribution < 1.29 is 19.6 Å². The highest BCUT2D eigenvalue weighted by molar-refractivity contribution is 6.00. The molecular weight excluding hydrogens is 362 g/mol. The van der Waals surface area contributed by atoms with Gasteiger partial charge in [-0.3, -0.25) is 15.0 Å². The number of para-hydroxylation sites is 2. The first-order valence-electron chi connectivity index (χ1n) is 8.30. The Kier molecular flexibility index (Phi) is 5.40. The Labute approximate surface area is 160 Å². The molecule has 0 heterocycles. The number of benzene rings is 3. The highest BCUT2D eigenvalue weighted by Gasteiger charge is 2.23. The number of rotatable bonds is 6. The number of carbonyl (C=O) groups excluding carboxylic acids is 1. The predicted octanol–water partition coefficient (Wildman–Crippen LogP) is 4.10. The van der Waals surface area contributed by atoms with Crippen LogP contribution in [0.4, 0.5) is 21.9 Å². The van der Waals surface area contributed by atoms with Crippen molar-refractivity contribution in [1.29, 1.82) is 0 Å². The van der Waals surface area contributed by atoms with Gasteiger partial charge in [-0.2, -0.15) is 0 Å². The van der Waals surface area contributed by atoms with E-state index < -0.39 is 16.7 Å². The molecule has 2 amide bonds. The lowest BCUT2D eigenvalue weighted by Crippen LogP contribution is -2.32. The monoisotopic (exact) mass is 379 g/mol. The minimum atomic E-state index is -0.851. The van der Waals surface area contributed by atoms with Gasteiger partial charge in [0.15, 0.2) is 0 Å². The number of hydrogen-bond acceptors (Lipinski definition) is 5. The predicted molar refractivity (Wildman–Crippen MR) is 104 cm³/mol. The van der Waals surface area contributed by atoms with E-state index >= 15 is 0 Å². The first-order valence-corrected chi connectivity index (χ1v) is 8.30. The Bertz CT molecular complexity index is 1010. The zero-order chi connectivity index (χ0) is 20.1. The summed E-state index contributed by atoms with van der Waals surface area (Å²) in [6.45, 7) is 0.151. The molecule has 3 aromatic carbocycles. The molecule has 3 N–H and O–H groups in total. The molecule has 0 aliphatic carbocycles. The topological polar surface area (TPSA) is 119 Å². The Balaban J connectivity index is 1.97. The van der Waals surface area contributed by atoms with Crippen molar-refractivity contribution in [1.82, 2.24) is 0 Å². The fourth-order valence-corrected chi connectivity index (χ4v) is 2.71. The van der Waals surface area contributed by atoms with E-state index in [1.165, 1.54) is 12.1 Å². The van der Waals surface area contributed by atoms with Crippen LogP contribution in [0.25, 0.3) is 0 Å². The molecule has 0 saturated heterocycles. The number of nitrogens with zero attached hydrogens (tertiary/aromatic N) is 2. The van der Waals surface area contributed by atoms with E-state index in [4.69, 9.17) is 10.5 Å². The second-order valence-corrected chi connectivity index (χ2v) is 5.83. The number of phenolic OH excluding ortho intramolecular Hbond substituents is 1. The summed E-state index contributed by atoms with van der Waals surface area (Å²) in [6.07, 6.45) is 0. The number of non-ortho nitro benzene ring substituents is 1. The van der Waals surface area contributed by atoms with Crippen LogP contribution in [0.1, 0.15) is 5.56 Å². The minimum absolute atomic E-state index is 0.0326. The maximum Gasteiger partial charge on any atom is 0.324 e. The van der Waals surface area contributed by atoms with Gasteiger partial charge >= 0.3 is 6.03 Å². The largest absolute Gasteiger partial charge is 0.505 e. The van der Waals surface area contributed by atoms with Gasteiger partial charge in [-0.05, 0) is 24.3 Å². The van der Waals surface area contributed by atoms with Crippen LogP contribution in [0.15, 0.2) is 72.8 Å². The number of nitro benzene ring substituents is 1. The van der Waals surface area contributed by atoms with Crippen molar-refractivity contribution in [3.63, 3.8) is 0 Å². The van der Waals surface area contributed by atoms with Crippen molar-refractivity contribution in [2.45, 2.75) is 6.61 Å². The lowest BCUT2D eigenvalue weighted by molar-refractivity contribution is -0.384. The molecule has 0 spiro atoms. The Morgan fingerprint density at radius 3 is 2.36 bits per heavy atom. The van der Waals surface area contributed by atoms with Crippen LogP contribution in [0, 0.1) is 10.1 Å². The molecule has 0 aliphatic heterocycles. The molecule has 142 valence electrons. The summed E-state index contributed by atoms with van der Waals surface area (Å²) in [7, 11) is 0. The molecule has 0 radical (unpaired) electrons. The average molecular weight is 379 g/mol. The van der Waals surface area contributed by atoms with Crippen molar-refractivity contribution >= 4 is 23.1 Å². The van der Waals surface area contributed by atoms with Gasteiger partial charge in [0.1, 0.15) is 18.1 Å². The third kappa shape index (κ3) is 4.01. The van der Waals surface area contributed by atoms with Crippen LogP contribution in [-0.4, -0.2) is 16.1 Å². The quantitative estimate of drug-likeness (QED) is 0.494. The lowest BCUT2D eigenvalue weighted by atomic mass is 10.1. The Morgan fingerprint density at radius 1 is 1.04 bits per heavy atom. The van der Waals surface area contributed by atoms with E-state index in [0.717, 1.165) is 11.0 Å². The molecule has 0 atom stereocenters. The summed E-state index contributed by atoms with van der Waals surface area (Å²) in [6, 6.07) is 18.6. The van der Waals surface area contributed by atoms with E-state index in [2.05, 4.69) is 0 Å². The zero-order valence-electron chi connectivity index (χ0n) is 14.7. The summed E-state index contributed by atoms with van der Waals surface area (Å²) in [4.78, 5) is 23.5. The number of phenols is 1. The van der Waals surface area contributed by atoms with Gasteiger partial charge in [-0.1, -0.05) is 36.4 Å². The zero-order valence-corrected chi connectivity index (χ0v) is 14.7. The highest BCUT2D eigenvalue weighted by Crippen LogP contribution is 2.37. The number of anilines is 2. The molecule has 0 saturated carbocycles. The molecule has 3 rings (SSSR count). The number of nitro groups is 1. The molecular formula is C20H17N3O5. The third-order valence-electron chi connectivity index (χ3n) is 4.00. The molecule has 28 heavy (non-hydrogen) atoms. The van der Waals surface area contributed by atoms with Gasteiger partial charge < -0.3 is 15.6 Å². The molecule has 0 bridgehead atoms. The van der Waals surface area contributed by atoms with Gasteiger partial charge in [0.25, 0.3) is 5.69 Å². The number of hydrogen-bond donors (Lipinski definition) is 2. The summed E-state index contributed by atoms with van der Waals surface area (Å²) < 4.78 is 5.75. The third-order valence-corrected chi connectivity index (χ3v) is 4.00. The summed E-state index contributed by atoms with van der Waals surface area (Å²) in [5.74, 6) is 0.216. The van der Waals surface area contributed by atoms with Gasteiger partial charge in [-0.15, -0.1) is 0 Å². The average Bonchev–Trinajstić information content (AvgIpc) is 2.69. The van der Waals surface area contributed by atoms with Crippen molar-refractivity contribution in [2.24, 2.45) is 5.73 Å². The Hall–Kier alpha value is -4.07. The van der Waals surface area contributed by atoms with Crippen LogP contribution < -0.4 is 15.4 Å². The van der Waals surface area contributed by atoms with Crippen LogP contribution in [0.3, 0.4) is 0 Å². The van der Waals surface area contributed by atoms with Gasteiger partial charge in [0, 0.05) is 11.6 Å². The van der Waals surface area contributed by atoms with Gasteiger partial charge in [0.2, 0.25) is 0 Å². The van der Waals surface area contributed by atoms with Crippen molar-refractivity contribution in [3.05, 3.63) is 88.5 Å². The number of ether oxygens (including phenoxy) is 1. The summed E-state index contributed by atoms with van der Waals surface area (Å²) in [5, 5.41) is 21.1. The first kappa shape index (κ1) is 18.7. The molecule has 8 nitrogen and oxygen atoms in total. The number of aromatic hydroxyl groups is 1. The number of nitrogens with two attached hydrogens (primary N) is 1. The van der Waals surface area contributed by atoms with Crippen LogP contribution in [-0.2, 0) is 6.61 Å². The Morgan fingerprint density at radius 2 is 1.71 bits per heavy atom. The van der Waals surface area contributed by atoms with E-state index in [0.29, 0.717) is 17.0 Å². The first-order chi connectivity index (χ1) is 13.5. The van der Waals surface area contributed by atoms with E-state index in [1.807, 2.05) is 18.2 Å². The molecule has 0 aliphatic rings. The number of amides is 2. The van der Waals surface area contributed by atoms with Gasteiger partial charge in [-0.25, -0.2) is 4.79 Å². The van der Waals surface area contributed by atoms with Crippen LogP contribution >= 0.6 is 0 Å². The molecule has 0 aromatic heterocycles. The fourth-order valence-electron chi connectivity index (χ4n) is 2.71. The summed E-state index contributed by atoms with van der Waals surface area (Å²) in [5.41, 5.74) is 6.32. The van der Waals surface area contributed by atoms with Crippen LogP contribution in [0.2, 0.25) is 0 Å². The lowest BCUT2D eigenvalue weighted by Gasteiger charge is -2.24. The highest BCUT2D eigenvalue weighted by atomic mass is 16.6. The molecule has 3 aromatic rings. The second-order valence-electron chi connectivity index (χ2n) is 5.83. The second kappa shape index (κ2) is 8.09. The normalized spacial score (nSPS) is 10.3. The number of primary amides is 1. The number of carbonyl (C=O) groups is 1. The van der Waals surface area contributed by atoms with Crippen molar-refractivity contribution in [2.75, 3.05) is 4.90 Å². The van der Waals surface area contributed by atoms with Crippen LogP contribution in [0.5, 0.6) is 11.5 Å². The minimum Gasteiger partial charge on any atom is -0.505 e. The standard InChI is InChI=1S/C20H17N3O5/c21-20(25)22(18-11-10-15(23(26)27)12-19(18)24)17-9-5-4-6-14(17)13-28-16-7-2-1-3-8-16/h1-12,24H,13H2,(H2,21,25). The number of urea groups is 1. The van der Waals surface area contributed by atoms with Gasteiger partial charge in [0.05, 0.1) is 22.4 Å². The smallest absolute Gasteiger partial charge is 0.324 e. The maximum atomic E-state index is 12.2. The van der Waals surface area contributed by atoms with E-state index in [1.54, 1.807) is 36.4 Å². The van der Waals surface area contributed by atoms with Crippen molar-refractivity contribution in [3.8, 4) is 11.5 Å². The molecule has 0 fully saturated rings. The fraction of sp³-hybridized carbons (Fsp3) is 0.0500. The summed E-state index contributed by atoms with van der Waals surface area (Å²) >= 11 is 0. The molecule has 0 unspecified atom stereocenters. The van der Waals surface area contributed by atoms with E-state index in [9.17, 15) is 20.0 Å². The van der Waals surface area contributed by atoms with E-state index in [-0.39, 0.29) is 18.0 Å². The maximum absolute atomic E-state index is 12.2. The SMILES string of the molecule is NC(=O)N(c1ccc([N+](=O)[O-])cc1O)c1ccccc1COc1ccccc1. The molecule has 8 heteroatoms.